The Bertz CT molecular complexity index is 775. The van der Waals surface area contributed by atoms with Crippen molar-refractivity contribution >= 4 is 60.3 Å². The number of hydrogen-bond donors (Lipinski definition) is 1. The maximum atomic E-state index is 12.1. The molecule has 0 aliphatic rings. The Morgan fingerprint density at radius 1 is 1.30 bits per heavy atom. The molecule has 1 N–H and O–H groups in total. The van der Waals surface area contributed by atoms with E-state index in [1.807, 2.05) is 0 Å². The van der Waals surface area contributed by atoms with Crippen LogP contribution < -0.4 is 4.72 Å². The number of anilines is 1. The molecule has 0 fully saturated rings. The van der Waals surface area contributed by atoms with Gasteiger partial charge in [0.05, 0.1) is 19.4 Å². The van der Waals surface area contributed by atoms with Gasteiger partial charge in [0.2, 0.25) is 0 Å². The summed E-state index contributed by atoms with van der Waals surface area (Å²) in [5.41, 5.74) is -0.287. The quantitative estimate of drug-likeness (QED) is 0.626. The van der Waals surface area contributed by atoms with Gasteiger partial charge in [-0.15, -0.1) is 11.3 Å². The molecule has 0 radical (unpaired) electrons. The molecule has 1 aromatic carbocycles. The standard InChI is InChI=1S/C10H6BrClN2O4S2/c11-9-3-4-10(19-9)20(17,18)13-8-5-6(14(15)16)1-2-7(8)12/h1-5,13H. The van der Waals surface area contributed by atoms with Gasteiger partial charge in [-0.3, -0.25) is 14.8 Å². The number of sulfonamides is 1. The average Bonchev–Trinajstić information content (AvgIpc) is 2.79. The second kappa shape index (κ2) is 5.68. The van der Waals surface area contributed by atoms with Crippen molar-refractivity contribution in [3.8, 4) is 0 Å². The van der Waals surface area contributed by atoms with Gasteiger partial charge < -0.3 is 0 Å². The van der Waals surface area contributed by atoms with Crippen LogP contribution in [0.1, 0.15) is 0 Å². The zero-order chi connectivity index (χ0) is 14.9. The lowest BCUT2D eigenvalue weighted by Crippen LogP contribution is -2.12. The Kier molecular flexibility index (Phi) is 4.33. The molecule has 6 nitrogen and oxygen atoms in total. The second-order valence-electron chi connectivity index (χ2n) is 3.59. The first-order valence-electron chi connectivity index (χ1n) is 5.02. The van der Waals surface area contributed by atoms with Gasteiger partial charge in [0.1, 0.15) is 4.21 Å². The van der Waals surface area contributed by atoms with Gasteiger partial charge in [-0.25, -0.2) is 8.42 Å². The van der Waals surface area contributed by atoms with Crippen molar-refractivity contribution in [2.75, 3.05) is 4.72 Å². The minimum atomic E-state index is -3.83. The molecular weight excluding hydrogens is 392 g/mol. The van der Waals surface area contributed by atoms with E-state index in [2.05, 4.69) is 20.7 Å². The van der Waals surface area contributed by atoms with Crippen molar-refractivity contribution in [3.05, 3.63) is 49.3 Å². The monoisotopic (exact) mass is 396 g/mol. The molecule has 106 valence electrons. The maximum absolute atomic E-state index is 12.1. The Balaban J connectivity index is 2.39. The summed E-state index contributed by atoms with van der Waals surface area (Å²) in [5.74, 6) is 0. The van der Waals surface area contributed by atoms with Gasteiger partial charge in [-0.1, -0.05) is 11.6 Å². The number of hydrogen-bond acceptors (Lipinski definition) is 5. The molecular formula is C10H6BrClN2O4S2. The lowest BCUT2D eigenvalue weighted by atomic mass is 10.3. The zero-order valence-electron chi connectivity index (χ0n) is 9.54. The van der Waals surface area contributed by atoms with Gasteiger partial charge in [-0.05, 0) is 34.1 Å². The number of nitrogens with one attached hydrogen (secondary N) is 1. The molecule has 0 saturated carbocycles. The molecule has 2 rings (SSSR count). The Labute approximate surface area is 131 Å². The number of non-ortho nitro benzene ring substituents is 1. The lowest BCUT2D eigenvalue weighted by Gasteiger charge is -2.07. The van der Waals surface area contributed by atoms with Crippen LogP contribution in [-0.2, 0) is 10.0 Å². The molecule has 0 atom stereocenters. The van der Waals surface area contributed by atoms with Crippen LogP contribution in [0, 0.1) is 10.1 Å². The largest absolute Gasteiger partial charge is 0.277 e. The van der Waals surface area contributed by atoms with E-state index in [0.717, 1.165) is 17.4 Å². The summed E-state index contributed by atoms with van der Waals surface area (Å²) in [6, 6.07) is 6.54. The van der Waals surface area contributed by atoms with Crippen LogP contribution >= 0.6 is 38.9 Å². The van der Waals surface area contributed by atoms with Crippen molar-refractivity contribution in [3.63, 3.8) is 0 Å². The molecule has 2 aromatic rings. The maximum Gasteiger partial charge on any atom is 0.271 e. The highest BCUT2D eigenvalue weighted by Gasteiger charge is 2.19. The minimum absolute atomic E-state index is 0.0367. The van der Waals surface area contributed by atoms with Crippen molar-refractivity contribution < 1.29 is 13.3 Å². The Hall–Kier alpha value is -1.16. The summed E-state index contributed by atoms with van der Waals surface area (Å²) >= 11 is 10.0. The lowest BCUT2D eigenvalue weighted by molar-refractivity contribution is -0.384. The molecule has 0 saturated heterocycles. The van der Waals surface area contributed by atoms with E-state index >= 15 is 0 Å². The van der Waals surface area contributed by atoms with E-state index in [1.54, 1.807) is 6.07 Å². The molecule has 1 heterocycles. The number of nitrogens with zero attached hydrogens (tertiary/aromatic N) is 1. The van der Waals surface area contributed by atoms with Crippen LogP contribution in [0.3, 0.4) is 0 Å². The van der Waals surface area contributed by atoms with Crippen molar-refractivity contribution in [2.24, 2.45) is 0 Å². The molecule has 0 bridgehead atoms. The number of nitro benzene ring substituents is 1. The van der Waals surface area contributed by atoms with Crippen LogP contribution in [0.15, 0.2) is 38.3 Å². The van der Waals surface area contributed by atoms with Gasteiger partial charge in [0.15, 0.2) is 0 Å². The van der Waals surface area contributed by atoms with E-state index in [1.165, 1.54) is 18.2 Å². The molecule has 0 unspecified atom stereocenters. The highest BCUT2D eigenvalue weighted by atomic mass is 79.9. The predicted octanol–water partition coefficient (Wildman–Crippen LogP) is 3.87. The summed E-state index contributed by atoms with van der Waals surface area (Å²) in [4.78, 5) is 10.1. The molecule has 0 amide bonds. The summed E-state index contributed by atoms with van der Waals surface area (Å²) in [7, 11) is -3.83. The fourth-order valence-corrected chi connectivity index (χ4v) is 4.64. The summed E-state index contributed by atoms with van der Waals surface area (Å²) in [6.45, 7) is 0. The molecule has 20 heavy (non-hydrogen) atoms. The van der Waals surface area contributed by atoms with Crippen molar-refractivity contribution in [2.45, 2.75) is 4.21 Å². The van der Waals surface area contributed by atoms with Crippen LogP contribution in [0.5, 0.6) is 0 Å². The SMILES string of the molecule is O=[N+]([O-])c1ccc(Cl)c(NS(=O)(=O)c2ccc(Br)s2)c1. The molecule has 0 spiro atoms. The van der Waals surface area contributed by atoms with Gasteiger partial charge in [0.25, 0.3) is 15.7 Å². The molecule has 1 aromatic heterocycles. The number of rotatable bonds is 4. The first kappa shape index (κ1) is 15.2. The highest BCUT2D eigenvalue weighted by Crippen LogP contribution is 2.31. The third-order valence-corrected chi connectivity index (χ3v) is 6.03. The highest BCUT2D eigenvalue weighted by molar-refractivity contribution is 9.11. The van der Waals surface area contributed by atoms with Crippen LogP contribution in [0.4, 0.5) is 11.4 Å². The van der Waals surface area contributed by atoms with Gasteiger partial charge in [0, 0.05) is 12.1 Å². The fourth-order valence-electron chi connectivity index (χ4n) is 1.34. The molecule has 10 heteroatoms. The Morgan fingerprint density at radius 3 is 2.55 bits per heavy atom. The number of thiophene rings is 1. The van der Waals surface area contributed by atoms with Crippen LogP contribution in [0.2, 0.25) is 5.02 Å². The normalized spacial score (nSPS) is 11.3. The Morgan fingerprint density at radius 2 is 2.00 bits per heavy atom. The number of nitro groups is 1. The van der Waals surface area contributed by atoms with Crippen LogP contribution in [0.25, 0.3) is 0 Å². The zero-order valence-corrected chi connectivity index (χ0v) is 13.5. The first-order chi connectivity index (χ1) is 9.29. The first-order valence-corrected chi connectivity index (χ1v) is 8.49. The third-order valence-electron chi connectivity index (χ3n) is 2.22. The van der Waals surface area contributed by atoms with Crippen LogP contribution in [-0.4, -0.2) is 13.3 Å². The number of benzene rings is 1. The number of halogens is 2. The van der Waals surface area contributed by atoms with Crippen molar-refractivity contribution in [1.29, 1.82) is 0 Å². The van der Waals surface area contributed by atoms with E-state index in [9.17, 15) is 18.5 Å². The van der Waals surface area contributed by atoms with Crippen molar-refractivity contribution in [1.82, 2.24) is 0 Å². The van der Waals surface area contributed by atoms with E-state index in [4.69, 9.17) is 11.6 Å². The van der Waals surface area contributed by atoms with Gasteiger partial charge in [-0.2, -0.15) is 0 Å². The second-order valence-corrected chi connectivity index (χ2v) is 8.36. The topological polar surface area (TPSA) is 89.3 Å². The van der Waals surface area contributed by atoms with Gasteiger partial charge >= 0.3 is 0 Å². The van der Waals surface area contributed by atoms with E-state index < -0.39 is 14.9 Å². The fraction of sp³-hybridized carbons (Fsp3) is 0. The summed E-state index contributed by atoms with van der Waals surface area (Å²) < 4.78 is 27.2. The smallest absolute Gasteiger partial charge is 0.271 e. The average molecular weight is 398 g/mol. The summed E-state index contributed by atoms with van der Waals surface area (Å²) in [6.07, 6.45) is 0. The minimum Gasteiger partial charge on any atom is -0.277 e. The third kappa shape index (κ3) is 3.29. The van der Waals surface area contributed by atoms with E-state index in [0.29, 0.717) is 3.79 Å². The predicted molar refractivity (Wildman–Crippen MR) is 80.9 cm³/mol. The van der Waals surface area contributed by atoms with E-state index in [-0.39, 0.29) is 20.6 Å². The molecule has 0 aliphatic heterocycles. The molecule has 0 aliphatic carbocycles. The summed E-state index contributed by atoms with van der Waals surface area (Å²) in [5, 5.41) is 10.8.